The van der Waals surface area contributed by atoms with Crippen molar-refractivity contribution in [3.05, 3.63) is 0 Å². The van der Waals surface area contributed by atoms with Crippen LogP contribution in [0.4, 0.5) is 0 Å². The number of nitrogens with zero attached hydrogens (tertiary/aromatic N) is 1. The van der Waals surface area contributed by atoms with Gasteiger partial charge in [0.05, 0.1) is 0 Å². The van der Waals surface area contributed by atoms with E-state index in [2.05, 4.69) is 27.7 Å². The lowest BCUT2D eigenvalue weighted by Crippen LogP contribution is -2.47. The molecule has 1 rings (SSSR count). The molecule has 0 aromatic rings. The van der Waals surface area contributed by atoms with Crippen LogP contribution in [0, 0.1) is 5.92 Å². The van der Waals surface area contributed by atoms with Gasteiger partial charge in [0.25, 0.3) is 0 Å². The van der Waals surface area contributed by atoms with Gasteiger partial charge >= 0.3 is 0 Å². The van der Waals surface area contributed by atoms with Crippen LogP contribution in [-0.4, -0.2) is 40.4 Å². The smallest absolute Gasteiger partial charge is 0.224 e. The average molecular weight is 244 g/mol. The Morgan fingerprint density at radius 3 is 2.62 bits per heavy atom. The molecule has 1 aliphatic heterocycles. The third-order valence-electron chi connectivity index (χ3n) is 3.04. The van der Waals surface area contributed by atoms with Crippen molar-refractivity contribution in [2.75, 3.05) is 18.8 Å². The zero-order valence-corrected chi connectivity index (χ0v) is 11.6. The van der Waals surface area contributed by atoms with Gasteiger partial charge in [-0.05, 0) is 19.8 Å². The molecule has 2 N–H and O–H groups in total. The molecule has 1 saturated heterocycles. The van der Waals surface area contributed by atoms with Gasteiger partial charge in [0.15, 0.2) is 0 Å². The van der Waals surface area contributed by atoms with Crippen molar-refractivity contribution in [3.8, 4) is 0 Å². The Labute approximate surface area is 103 Å². The molecule has 0 aromatic heterocycles. The van der Waals surface area contributed by atoms with E-state index in [1.54, 1.807) is 0 Å². The maximum Gasteiger partial charge on any atom is 0.224 e. The summed E-state index contributed by atoms with van der Waals surface area (Å²) in [6, 6.07) is -0.00908. The molecule has 1 heterocycles. The summed E-state index contributed by atoms with van der Waals surface area (Å²) < 4.78 is 0.190. The topological polar surface area (TPSA) is 46.3 Å². The average Bonchev–Trinajstić information content (AvgIpc) is 2.15. The summed E-state index contributed by atoms with van der Waals surface area (Å²) in [4.78, 5) is 14.0. The summed E-state index contributed by atoms with van der Waals surface area (Å²) in [6.45, 7) is 10.2. The normalized spacial score (nSPS) is 22.2. The summed E-state index contributed by atoms with van der Waals surface area (Å²) in [5, 5.41) is 0. The molecule has 1 unspecified atom stereocenters. The first-order valence-corrected chi connectivity index (χ1v) is 6.98. The number of rotatable bonds is 3. The van der Waals surface area contributed by atoms with Gasteiger partial charge < -0.3 is 10.6 Å². The maximum absolute atomic E-state index is 12.0. The van der Waals surface area contributed by atoms with Crippen LogP contribution in [0.5, 0.6) is 0 Å². The van der Waals surface area contributed by atoms with E-state index >= 15 is 0 Å². The Bertz CT molecular complexity index is 253. The molecular weight excluding hydrogens is 220 g/mol. The summed E-state index contributed by atoms with van der Waals surface area (Å²) in [5.74, 6) is 1.63. The van der Waals surface area contributed by atoms with Crippen molar-refractivity contribution in [3.63, 3.8) is 0 Å². The van der Waals surface area contributed by atoms with Crippen LogP contribution in [0.25, 0.3) is 0 Å². The van der Waals surface area contributed by atoms with E-state index in [4.69, 9.17) is 5.73 Å². The number of hydrogen-bond acceptors (Lipinski definition) is 3. The first-order chi connectivity index (χ1) is 7.32. The van der Waals surface area contributed by atoms with E-state index in [0.29, 0.717) is 12.3 Å². The predicted octanol–water partition coefficient (Wildman–Crippen LogP) is 1.71. The largest absolute Gasteiger partial charge is 0.340 e. The Hall–Kier alpha value is -0.220. The molecule has 0 aromatic carbocycles. The van der Waals surface area contributed by atoms with Gasteiger partial charge in [-0.25, -0.2) is 0 Å². The number of carbonyl (C=O) groups is 1. The fourth-order valence-corrected chi connectivity index (χ4v) is 2.91. The van der Waals surface area contributed by atoms with E-state index in [1.807, 2.05) is 16.7 Å². The van der Waals surface area contributed by atoms with Gasteiger partial charge in [0.2, 0.25) is 5.91 Å². The van der Waals surface area contributed by atoms with Gasteiger partial charge in [0, 0.05) is 36.1 Å². The van der Waals surface area contributed by atoms with Crippen LogP contribution in [0.15, 0.2) is 0 Å². The van der Waals surface area contributed by atoms with E-state index in [9.17, 15) is 4.79 Å². The number of carbonyl (C=O) groups excluding carboxylic acids is 1. The minimum atomic E-state index is -0.00908. The predicted molar refractivity (Wildman–Crippen MR) is 70.5 cm³/mol. The fraction of sp³-hybridized carbons (Fsp3) is 0.917. The van der Waals surface area contributed by atoms with Gasteiger partial charge in [-0.3, -0.25) is 4.79 Å². The lowest BCUT2D eigenvalue weighted by molar-refractivity contribution is -0.132. The van der Waals surface area contributed by atoms with Crippen molar-refractivity contribution >= 4 is 17.7 Å². The molecule has 0 radical (unpaired) electrons. The van der Waals surface area contributed by atoms with Crippen molar-refractivity contribution in [2.45, 2.75) is 44.9 Å². The zero-order valence-electron chi connectivity index (χ0n) is 10.8. The van der Waals surface area contributed by atoms with Crippen molar-refractivity contribution in [1.82, 2.24) is 4.90 Å². The van der Waals surface area contributed by atoms with Gasteiger partial charge in [0.1, 0.15) is 0 Å². The minimum Gasteiger partial charge on any atom is -0.340 e. The third kappa shape index (κ3) is 3.98. The van der Waals surface area contributed by atoms with Crippen LogP contribution < -0.4 is 5.73 Å². The van der Waals surface area contributed by atoms with E-state index in [0.717, 1.165) is 18.8 Å². The number of thioether (sulfide) groups is 1. The first kappa shape index (κ1) is 13.8. The molecule has 1 amide bonds. The molecule has 0 aliphatic carbocycles. The Morgan fingerprint density at radius 2 is 2.12 bits per heavy atom. The van der Waals surface area contributed by atoms with Crippen LogP contribution in [-0.2, 0) is 4.79 Å². The Kier molecular flexibility index (Phi) is 4.68. The number of nitrogens with two attached hydrogens (primary N) is 1. The molecule has 0 spiro atoms. The summed E-state index contributed by atoms with van der Waals surface area (Å²) >= 11 is 1.94. The van der Waals surface area contributed by atoms with Crippen LogP contribution >= 0.6 is 11.8 Å². The minimum absolute atomic E-state index is 0.00908. The highest BCUT2D eigenvalue weighted by Gasteiger charge is 2.30. The highest BCUT2D eigenvalue weighted by molar-refractivity contribution is 8.00. The van der Waals surface area contributed by atoms with Crippen molar-refractivity contribution in [1.29, 1.82) is 0 Å². The van der Waals surface area contributed by atoms with Crippen molar-refractivity contribution < 1.29 is 4.79 Å². The second-order valence-electron chi connectivity index (χ2n) is 5.54. The fourth-order valence-electron chi connectivity index (χ4n) is 1.80. The molecule has 3 nitrogen and oxygen atoms in total. The maximum atomic E-state index is 12.0. The summed E-state index contributed by atoms with van der Waals surface area (Å²) in [6.07, 6.45) is 0.485. The van der Waals surface area contributed by atoms with Gasteiger partial charge in [-0.15, -0.1) is 0 Å². The molecule has 0 bridgehead atoms. The molecule has 0 saturated carbocycles. The summed E-state index contributed by atoms with van der Waals surface area (Å²) in [5.41, 5.74) is 5.94. The Morgan fingerprint density at radius 1 is 1.50 bits per heavy atom. The highest BCUT2D eigenvalue weighted by Crippen LogP contribution is 2.29. The second kappa shape index (κ2) is 5.41. The van der Waals surface area contributed by atoms with E-state index in [-0.39, 0.29) is 16.7 Å². The molecule has 1 atom stereocenters. The lowest BCUT2D eigenvalue weighted by atomic mass is 10.0. The SMILES string of the molecule is CC(C)C(N)CC(=O)N1CCSC(C)(C)C1. The van der Waals surface area contributed by atoms with Crippen LogP contribution in [0.3, 0.4) is 0 Å². The van der Waals surface area contributed by atoms with E-state index < -0.39 is 0 Å². The molecule has 1 fully saturated rings. The van der Waals surface area contributed by atoms with Crippen LogP contribution in [0.2, 0.25) is 0 Å². The molecule has 94 valence electrons. The molecule has 1 aliphatic rings. The monoisotopic (exact) mass is 244 g/mol. The molecule has 4 heteroatoms. The highest BCUT2D eigenvalue weighted by atomic mass is 32.2. The van der Waals surface area contributed by atoms with Crippen molar-refractivity contribution in [2.24, 2.45) is 11.7 Å². The lowest BCUT2D eigenvalue weighted by Gasteiger charge is -2.38. The van der Waals surface area contributed by atoms with Crippen LogP contribution in [0.1, 0.15) is 34.1 Å². The second-order valence-corrected chi connectivity index (χ2v) is 7.34. The molecule has 16 heavy (non-hydrogen) atoms. The third-order valence-corrected chi connectivity index (χ3v) is 4.34. The Balaban J connectivity index is 2.48. The van der Waals surface area contributed by atoms with E-state index in [1.165, 1.54) is 0 Å². The van der Waals surface area contributed by atoms with Gasteiger partial charge in [-0.1, -0.05) is 13.8 Å². The zero-order chi connectivity index (χ0) is 12.3. The van der Waals surface area contributed by atoms with Gasteiger partial charge in [-0.2, -0.15) is 11.8 Å². The standard InChI is InChI=1S/C12H24N2OS/c1-9(2)10(13)7-11(15)14-5-6-16-12(3,4)8-14/h9-10H,5-8,13H2,1-4H3. The first-order valence-electron chi connectivity index (χ1n) is 5.99. The molecular formula is C12H24N2OS. The number of amides is 1. The summed E-state index contributed by atoms with van der Waals surface area (Å²) in [7, 11) is 0. The number of hydrogen-bond donors (Lipinski definition) is 1. The quantitative estimate of drug-likeness (QED) is 0.822.